The predicted octanol–water partition coefficient (Wildman–Crippen LogP) is 1.78. The van der Waals surface area contributed by atoms with Crippen LogP contribution < -0.4 is 5.73 Å². The van der Waals surface area contributed by atoms with Gasteiger partial charge in [0.2, 0.25) is 0 Å². The number of rotatable bonds is 4. The van der Waals surface area contributed by atoms with E-state index in [1.165, 1.54) is 5.56 Å². The Kier molecular flexibility index (Phi) is 4.02. The second-order valence-corrected chi connectivity index (χ2v) is 4.50. The van der Waals surface area contributed by atoms with Crippen LogP contribution in [-0.4, -0.2) is 29.0 Å². The summed E-state index contributed by atoms with van der Waals surface area (Å²) in [5.41, 5.74) is 8.63. The van der Waals surface area contributed by atoms with Crippen LogP contribution in [0.4, 0.5) is 0 Å². The van der Waals surface area contributed by atoms with Crippen LogP contribution in [-0.2, 0) is 0 Å². The van der Waals surface area contributed by atoms with Gasteiger partial charge in [-0.15, -0.1) is 0 Å². The van der Waals surface area contributed by atoms with Crippen molar-refractivity contribution < 1.29 is 0 Å². The SMILES string of the molecule is CN(C)C(c1ccncc1)C(N)c1ccncc1. The molecule has 0 aliphatic carbocycles. The molecule has 2 aromatic rings. The smallest absolute Gasteiger partial charge is 0.0537 e. The first-order chi connectivity index (χ1) is 8.70. The summed E-state index contributed by atoms with van der Waals surface area (Å²) in [4.78, 5) is 10.2. The largest absolute Gasteiger partial charge is 0.322 e. The summed E-state index contributed by atoms with van der Waals surface area (Å²) in [5.74, 6) is 0. The molecule has 94 valence electrons. The summed E-state index contributed by atoms with van der Waals surface area (Å²) in [6, 6.07) is 7.96. The Hall–Kier alpha value is -1.78. The van der Waals surface area contributed by atoms with Gasteiger partial charge in [0.15, 0.2) is 0 Å². The van der Waals surface area contributed by atoms with E-state index < -0.39 is 0 Å². The summed E-state index contributed by atoms with van der Waals surface area (Å²) >= 11 is 0. The monoisotopic (exact) mass is 242 g/mol. The number of hydrogen-bond donors (Lipinski definition) is 1. The molecule has 0 aliphatic heterocycles. The highest BCUT2D eigenvalue weighted by Crippen LogP contribution is 2.29. The lowest BCUT2D eigenvalue weighted by molar-refractivity contribution is 0.259. The molecule has 2 atom stereocenters. The van der Waals surface area contributed by atoms with Crippen LogP contribution in [0.25, 0.3) is 0 Å². The van der Waals surface area contributed by atoms with Crippen molar-refractivity contribution in [1.82, 2.24) is 14.9 Å². The van der Waals surface area contributed by atoms with Crippen LogP contribution >= 0.6 is 0 Å². The zero-order valence-corrected chi connectivity index (χ0v) is 10.7. The lowest BCUT2D eigenvalue weighted by Crippen LogP contribution is -2.31. The van der Waals surface area contributed by atoms with Gasteiger partial charge in [-0.2, -0.15) is 0 Å². The van der Waals surface area contributed by atoms with Gasteiger partial charge in [0.1, 0.15) is 0 Å². The fourth-order valence-corrected chi connectivity index (χ4v) is 2.16. The molecule has 0 spiro atoms. The third kappa shape index (κ3) is 2.72. The molecule has 0 radical (unpaired) electrons. The van der Waals surface area contributed by atoms with E-state index in [9.17, 15) is 0 Å². The second-order valence-electron chi connectivity index (χ2n) is 4.50. The average Bonchev–Trinajstić information content (AvgIpc) is 2.40. The van der Waals surface area contributed by atoms with Crippen molar-refractivity contribution in [1.29, 1.82) is 0 Å². The van der Waals surface area contributed by atoms with Crippen molar-refractivity contribution in [2.75, 3.05) is 14.1 Å². The lowest BCUT2D eigenvalue weighted by atomic mass is 9.94. The van der Waals surface area contributed by atoms with Crippen LogP contribution in [0.2, 0.25) is 0 Å². The molecule has 2 aromatic heterocycles. The number of nitrogens with two attached hydrogens (primary N) is 1. The number of hydrogen-bond acceptors (Lipinski definition) is 4. The van der Waals surface area contributed by atoms with E-state index in [0.29, 0.717) is 0 Å². The van der Waals surface area contributed by atoms with Gasteiger partial charge >= 0.3 is 0 Å². The Bertz CT molecular complexity index is 470. The molecule has 0 aliphatic rings. The quantitative estimate of drug-likeness (QED) is 0.888. The first kappa shape index (κ1) is 12.7. The molecule has 2 heterocycles. The van der Waals surface area contributed by atoms with Crippen LogP contribution in [0.5, 0.6) is 0 Å². The maximum absolute atomic E-state index is 6.38. The average molecular weight is 242 g/mol. The van der Waals surface area contributed by atoms with E-state index in [1.807, 2.05) is 38.4 Å². The fourth-order valence-electron chi connectivity index (χ4n) is 2.16. The predicted molar refractivity (Wildman–Crippen MR) is 71.8 cm³/mol. The molecule has 0 saturated carbocycles. The molecular formula is C14H18N4. The Balaban J connectivity index is 2.32. The summed E-state index contributed by atoms with van der Waals surface area (Å²) < 4.78 is 0. The van der Waals surface area contributed by atoms with Crippen molar-refractivity contribution in [2.45, 2.75) is 12.1 Å². The molecule has 4 heteroatoms. The number of pyridine rings is 2. The second kappa shape index (κ2) is 5.71. The maximum atomic E-state index is 6.38. The van der Waals surface area contributed by atoms with Gasteiger partial charge in [-0.25, -0.2) is 0 Å². The van der Waals surface area contributed by atoms with Crippen molar-refractivity contribution in [3.05, 3.63) is 60.2 Å². The molecular weight excluding hydrogens is 224 g/mol. The van der Waals surface area contributed by atoms with Crippen LogP contribution in [0.1, 0.15) is 23.2 Å². The van der Waals surface area contributed by atoms with Crippen LogP contribution in [0.15, 0.2) is 49.1 Å². The standard InChI is InChI=1S/C14H18N4/c1-18(2)14(12-5-9-17-10-6-12)13(15)11-3-7-16-8-4-11/h3-10,13-14H,15H2,1-2H3. The molecule has 2 N–H and O–H groups in total. The zero-order chi connectivity index (χ0) is 13.0. The number of nitrogens with zero attached hydrogens (tertiary/aromatic N) is 3. The normalized spacial score (nSPS) is 14.4. The minimum atomic E-state index is -0.0922. The van der Waals surface area contributed by atoms with E-state index in [0.717, 1.165) is 5.56 Å². The minimum absolute atomic E-state index is 0.0922. The molecule has 0 amide bonds. The van der Waals surface area contributed by atoms with E-state index in [-0.39, 0.29) is 12.1 Å². The van der Waals surface area contributed by atoms with Crippen LogP contribution in [0, 0.1) is 0 Å². The van der Waals surface area contributed by atoms with Crippen molar-refractivity contribution in [2.24, 2.45) is 5.73 Å². The summed E-state index contributed by atoms with van der Waals surface area (Å²) in [6.45, 7) is 0. The Morgan fingerprint density at radius 1 is 0.889 bits per heavy atom. The zero-order valence-electron chi connectivity index (χ0n) is 10.7. The number of likely N-dealkylation sites (N-methyl/N-ethyl adjacent to an activating group) is 1. The first-order valence-corrected chi connectivity index (χ1v) is 5.92. The molecule has 18 heavy (non-hydrogen) atoms. The first-order valence-electron chi connectivity index (χ1n) is 5.92. The van der Waals surface area contributed by atoms with Crippen LogP contribution in [0.3, 0.4) is 0 Å². The van der Waals surface area contributed by atoms with Gasteiger partial charge in [0.05, 0.1) is 6.04 Å². The van der Waals surface area contributed by atoms with Gasteiger partial charge in [-0.05, 0) is 49.5 Å². The lowest BCUT2D eigenvalue weighted by Gasteiger charge is -2.30. The molecule has 0 saturated heterocycles. The molecule has 4 nitrogen and oxygen atoms in total. The van der Waals surface area contributed by atoms with Gasteiger partial charge in [-0.3, -0.25) is 9.97 Å². The Morgan fingerprint density at radius 2 is 1.33 bits per heavy atom. The van der Waals surface area contributed by atoms with Gasteiger partial charge < -0.3 is 10.6 Å². The number of aromatic nitrogens is 2. The molecule has 0 aromatic carbocycles. The Labute approximate surface area is 107 Å². The highest BCUT2D eigenvalue weighted by atomic mass is 15.1. The highest BCUT2D eigenvalue weighted by molar-refractivity contribution is 5.24. The third-order valence-electron chi connectivity index (χ3n) is 3.04. The van der Waals surface area contributed by atoms with E-state index in [2.05, 4.69) is 14.9 Å². The van der Waals surface area contributed by atoms with Crippen molar-refractivity contribution in [3.63, 3.8) is 0 Å². The minimum Gasteiger partial charge on any atom is -0.322 e. The molecule has 2 rings (SSSR count). The third-order valence-corrected chi connectivity index (χ3v) is 3.04. The molecule has 2 unspecified atom stereocenters. The molecule has 0 fully saturated rings. The summed E-state index contributed by atoms with van der Waals surface area (Å²) in [6.07, 6.45) is 7.14. The van der Waals surface area contributed by atoms with Gasteiger partial charge in [0.25, 0.3) is 0 Å². The maximum Gasteiger partial charge on any atom is 0.0537 e. The summed E-state index contributed by atoms with van der Waals surface area (Å²) in [5, 5.41) is 0. The van der Waals surface area contributed by atoms with E-state index in [4.69, 9.17) is 5.73 Å². The summed E-state index contributed by atoms with van der Waals surface area (Å²) in [7, 11) is 4.07. The topological polar surface area (TPSA) is 55.0 Å². The van der Waals surface area contributed by atoms with E-state index >= 15 is 0 Å². The molecule has 0 bridgehead atoms. The van der Waals surface area contributed by atoms with Crippen molar-refractivity contribution >= 4 is 0 Å². The van der Waals surface area contributed by atoms with Gasteiger partial charge in [0, 0.05) is 30.8 Å². The highest BCUT2D eigenvalue weighted by Gasteiger charge is 2.23. The van der Waals surface area contributed by atoms with E-state index in [1.54, 1.807) is 24.8 Å². The fraction of sp³-hybridized carbons (Fsp3) is 0.286. The van der Waals surface area contributed by atoms with Gasteiger partial charge in [-0.1, -0.05) is 0 Å². The Morgan fingerprint density at radius 3 is 1.78 bits per heavy atom. The van der Waals surface area contributed by atoms with Crippen molar-refractivity contribution in [3.8, 4) is 0 Å².